The van der Waals surface area contributed by atoms with E-state index in [1.165, 1.54) is 109 Å². The minimum absolute atomic E-state index is 0.452. The second-order valence-electron chi connectivity index (χ2n) is 16.3. The molecule has 2 heterocycles. The second kappa shape index (κ2) is 15.7. The zero-order chi connectivity index (χ0) is 41.7. The molecule has 0 aromatic heterocycles. The van der Waals surface area contributed by atoms with Gasteiger partial charge in [-0.15, -0.1) is 0 Å². The van der Waals surface area contributed by atoms with Crippen molar-refractivity contribution in [1.82, 2.24) is 0 Å². The number of fused-ring (bicyclic) bond motifs is 8. The topological polar surface area (TPSA) is 0 Å². The van der Waals surface area contributed by atoms with Crippen LogP contribution in [0.3, 0.4) is 0 Å². The van der Waals surface area contributed by atoms with Crippen molar-refractivity contribution in [1.29, 1.82) is 0 Å². The van der Waals surface area contributed by atoms with Crippen LogP contribution in [0.5, 0.6) is 0 Å². The first-order chi connectivity index (χ1) is 31.3. The summed E-state index contributed by atoms with van der Waals surface area (Å²) in [4.78, 5) is 5.24. The van der Waals surface area contributed by atoms with E-state index in [0.29, 0.717) is 0 Å². The summed E-state index contributed by atoms with van der Waals surface area (Å²) in [6.45, 7) is 0. The standard InChI is InChI=1S/C61H40S2/c1-5-20-41(21-6-1)48-40-49(42-22-7-2-8-23-42)58(45-26-11-4-12-27-45)59(57(48)44-24-9-3-10-25-44)46-38-36-43(37-39-46)47-28-19-32-53-60(47)63-56-35-18-15-31-52(56)61(53)50-29-13-16-33-54(50)62-55-34-17-14-30-51(55)61/h1-40H. The smallest absolute Gasteiger partial charge is 0.0745 e. The van der Waals surface area contributed by atoms with Crippen molar-refractivity contribution in [3.8, 4) is 66.8 Å². The number of benzene rings is 10. The van der Waals surface area contributed by atoms with Crippen LogP contribution in [0.25, 0.3) is 66.8 Å². The number of hydrogen-bond acceptors (Lipinski definition) is 2. The molecule has 0 atom stereocenters. The van der Waals surface area contributed by atoms with E-state index in [9.17, 15) is 0 Å². The lowest BCUT2D eigenvalue weighted by Gasteiger charge is -2.46. The summed E-state index contributed by atoms with van der Waals surface area (Å²) >= 11 is 3.80. The van der Waals surface area contributed by atoms with Crippen LogP contribution in [-0.2, 0) is 5.41 Å². The van der Waals surface area contributed by atoms with Gasteiger partial charge in [0.2, 0.25) is 0 Å². The van der Waals surface area contributed by atoms with Gasteiger partial charge >= 0.3 is 0 Å². The van der Waals surface area contributed by atoms with E-state index in [-0.39, 0.29) is 0 Å². The lowest BCUT2D eigenvalue weighted by molar-refractivity contribution is 0.668. The van der Waals surface area contributed by atoms with Crippen LogP contribution < -0.4 is 0 Å². The van der Waals surface area contributed by atoms with Crippen LogP contribution in [0.1, 0.15) is 22.3 Å². The average molecular weight is 837 g/mol. The first-order valence-electron chi connectivity index (χ1n) is 21.6. The first kappa shape index (κ1) is 37.6. The SMILES string of the molecule is c1ccc(-c2cc(-c3ccccc3)c(-c3ccccc3)c(-c3ccc(-c4cccc5c4Sc4ccccc4C54c5ccccc5Sc5ccccc54)cc3)c2-c2ccccc2)cc1. The monoisotopic (exact) mass is 836 g/mol. The predicted molar refractivity (Wildman–Crippen MR) is 266 cm³/mol. The Balaban J connectivity index is 1.11. The molecule has 0 saturated heterocycles. The summed E-state index contributed by atoms with van der Waals surface area (Å²) in [5.74, 6) is 0. The molecule has 0 fully saturated rings. The highest BCUT2D eigenvalue weighted by Gasteiger charge is 2.49. The molecule has 10 aromatic carbocycles. The quantitative estimate of drug-likeness (QED) is 0.164. The molecule has 0 radical (unpaired) electrons. The Bertz CT molecular complexity index is 3140. The molecule has 63 heavy (non-hydrogen) atoms. The van der Waals surface area contributed by atoms with Gasteiger partial charge in [-0.2, -0.15) is 0 Å². The maximum absolute atomic E-state index is 2.43. The van der Waals surface area contributed by atoms with E-state index >= 15 is 0 Å². The Hall–Kier alpha value is -7.10. The van der Waals surface area contributed by atoms with Gasteiger partial charge in [-0.3, -0.25) is 0 Å². The van der Waals surface area contributed by atoms with Gasteiger partial charge in [-0.25, -0.2) is 0 Å². The van der Waals surface area contributed by atoms with E-state index in [1.807, 2.05) is 23.5 Å². The van der Waals surface area contributed by atoms with Gasteiger partial charge in [0.1, 0.15) is 0 Å². The van der Waals surface area contributed by atoms with Crippen LogP contribution in [-0.4, -0.2) is 0 Å². The third-order valence-electron chi connectivity index (χ3n) is 12.8. The summed E-state index contributed by atoms with van der Waals surface area (Å²) in [6.07, 6.45) is 0. The van der Waals surface area contributed by atoms with E-state index < -0.39 is 5.41 Å². The molecule has 0 aliphatic carbocycles. The molecule has 2 heteroatoms. The zero-order valence-electron chi connectivity index (χ0n) is 34.4. The molecule has 0 bridgehead atoms. The summed E-state index contributed by atoms with van der Waals surface area (Å²) < 4.78 is 0. The Morgan fingerprint density at radius 2 is 0.587 bits per heavy atom. The van der Waals surface area contributed by atoms with Gasteiger partial charge in [0.25, 0.3) is 0 Å². The molecule has 0 unspecified atom stereocenters. The van der Waals surface area contributed by atoms with E-state index in [1.54, 1.807) is 0 Å². The normalized spacial score (nSPS) is 13.1. The largest absolute Gasteiger partial charge is 0.0894 e. The molecule has 0 nitrogen and oxygen atoms in total. The fraction of sp³-hybridized carbons (Fsp3) is 0.0164. The number of rotatable bonds is 6. The summed E-state index contributed by atoms with van der Waals surface area (Å²) in [5.41, 5.74) is 19.4. The van der Waals surface area contributed by atoms with Gasteiger partial charge in [-0.1, -0.05) is 242 Å². The maximum atomic E-state index is 2.43. The van der Waals surface area contributed by atoms with Gasteiger partial charge in [0.05, 0.1) is 5.41 Å². The third kappa shape index (κ3) is 6.16. The summed E-state index contributed by atoms with van der Waals surface area (Å²) in [6, 6.07) is 89.8. The van der Waals surface area contributed by atoms with Crippen LogP contribution in [0.2, 0.25) is 0 Å². The molecule has 0 saturated carbocycles. The van der Waals surface area contributed by atoms with Crippen LogP contribution >= 0.6 is 23.5 Å². The lowest BCUT2D eigenvalue weighted by atomic mass is 9.64. The molecule has 0 N–H and O–H groups in total. The van der Waals surface area contributed by atoms with Crippen molar-refractivity contribution in [2.75, 3.05) is 0 Å². The molecular weight excluding hydrogens is 797 g/mol. The maximum Gasteiger partial charge on any atom is 0.0745 e. The Morgan fingerprint density at radius 3 is 1.06 bits per heavy atom. The van der Waals surface area contributed by atoms with Crippen LogP contribution in [0.15, 0.2) is 262 Å². The van der Waals surface area contributed by atoms with Crippen molar-refractivity contribution in [3.05, 3.63) is 265 Å². The Morgan fingerprint density at radius 1 is 0.238 bits per heavy atom. The summed E-state index contributed by atoms with van der Waals surface area (Å²) in [5, 5.41) is 0. The van der Waals surface area contributed by atoms with Crippen molar-refractivity contribution < 1.29 is 0 Å². The molecule has 2 aliphatic heterocycles. The predicted octanol–water partition coefficient (Wildman–Crippen LogP) is 17.0. The van der Waals surface area contributed by atoms with E-state index in [2.05, 4.69) is 243 Å². The first-order valence-corrected chi connectivity index (χ1v) is 23.2. The minimum Gasteiger partial charge on any atom is -0.0894 e. The lowest BCUT2D eigenvalue weighted by Crippen LogP contribution is -2.36. The van der Waals surface area contributed by atoms with Gasteiger partial charge < -0.3 is 0 Å². The van der Waals surface area contributed by atoms with Gasteiger partial charge in [-0.05, 0) is 113 Å². The molecule has 0 amide bonds. The molecule has 2 aliphatic rings. The molecule has 296 valence electrons. The highest BCUT2D eigenvalue weighted by Crippen LogP contribution is 2.63. The highest BCUT2D eigenvalue weighted by atomic mass is 32.2. The van der Waals surface area contributed by atoms with E-state index in [0.717, 1.165) is 0 Å². The van der Waals surface area contributed by atoms with Crippen molar-refractivity contribution >= 4 is 23.5 Å². The average Bonchev–Trinajstić information content (AvgIpc) is 3.36. The van der Waals surface area contributed by atoms with Crippen molar-refractivity contribution in [3.63, 3.8) is 0 Å². The van der Waals surface area contributed by atoms with Crippen LogP contribution in [0, 0.1) is 0 Å². The zero-order valence-corrected chi connectivity index (χ0v) is 36.0. The number of hydrogen-bond donors (Lipinski definition) is 0. The molecule has 12 rings (SSSR count). The fourth-order valence-corrected chi connectivity index (χ4v) is 12.7. The van der Waals surface area contributed by atoms with Crippen molar-refractivity contribution in [2.24, 2.45) is 0 Å². The second-order valence-corrected chi connectivity index (χ2v) is 18.4. The Kier molecular flexibility index (Phi) is 9.36. The Labute approximate surface area is 378 Å². The van der Waals surface area contributed by atoms with E-state index in [4.69, 9.17) is 0 Å². The fourth-order valence-electron chi connectivity index (χ4n) is 10.2. The minimum atomic E-state index is -0.452. The molecule has 10 aromatic rings. The van der Waals surface area contributed by atoms with Gasteiger partial charge in [0, 0.05) is 19.6 Å². The van der Waals surface area contributed by atoms with Crippen molar-refractivity contribution in [2.45, 2.75) is 25.0 Å². The third-order valence-corrected chi connectivity index (χ3v) is 15.2. The van der Waals surface area contributed by atoms with Gasteiger partial charge in [0.15, 0.2) is 0 Å². The van der Waals surface area contributed by atoms with Crippen LogP contribution in [0.4, 0.5) is 0 Å². The molecule has 1 spiro atoms. The summed E-state index contributed by atoms with van der Waals surface area (Å²) in [7, 11) is 0. The highest BCUT2D eigenvalue weighted by molar-refractivity contribution is 8.00. The molecular formula is C61H40S2.